The quantitative estimate of drug-likeness (QED) is 0.0347. The summed E-state index contributed by atoms with van der Waals surface area (Å²) < 4.78 is 89.4. The predicted molar refractivity (Wildman–Crippen MR) is 325 cm³/mol. The van der Waals surface area contributed by atoms with Gasteiger partial charge in [0.05, 0.1) is 15.6 Å². The average Bonchev–Trinajstić information content (AvgIpc) is 3.51. The third-order valence-corrected chi connectivity index (χ3v) is 13.1. The van der Waals surface area contributed by atoms with Crippen LogP contribution in [0.1, 0.15) is 27.8 Å². The molecule has 0 fully saturated rings. The number of alkyl halides is 3. The number of halogens is 10. The van der Waals surface area contributed by atoms with Gasteiger partial charge in [-0.15, -0.1) is 0 Å². The Kier molecular flexibility index (Phi) is 23.2. The van der Waals surface area contributed by atoms with Crippen molar-refractivity contribution in [3.63, 3.8) is 0 Å². The first-order valence-corrected chi connectivity index (χ1v) is 27.1. The van der Waals surface area contributed by atoms with Gasteiger partial charge in [-0.1, -0.05) is 107 Å². The van der Waals surface area contributed by atoms with E-state index in [-0.39, 0.29) is 52.0 Å². The molecule has 0 saturated heterocycles. The van der Waals surface area contributed by atoms with E-state index in [0.29, 0.717) is 68.5 Å². The Balaban J connectivity index is 0.000000163. The van der Waals surface area contributed by atoms with Crippen molar-refractivity contribution in [3.05, 3.63) is 284 Å². The zero-order chi connectivity index (χ0) is 60.9. The lowest BCUT2D eigenvalue weighted by Gasteiger charge is -2.10. The number of hydrogen-bond donors (Lipinski definition) is 8. The van der Waals surface area contributed by atoms with Crippen LogP contribution in [-0.2, 0) is 32.4 Å². The molecular weight excluding hydrogens is 1190 g/mol. The van der Waals surface area contributed by atoms with Crippen molar-refractivity contribution in [2.75, 3.05) is 21.3 Å². The Morgan fingerprint density at radius 1 is 0.341 bits per heavy atom. The van der Waals surface area contributed by atoms with E-state index in [1.165, 1.54) is 54.6 Å². The molecule has 8 N–H and O–H groups in total. The standard InChI is InChI=1S/C19H15ClFNO2.C19H16FNO2.C14H11ClF3NO.C13H10Cl2FNO/c20-14-4-7-16(8-5-14)24-17-3-1-2-13(10-17)12-22-15-6-9-19(23)18(21)11-15;20-18-12-15(9-10-19(18)22)21-13-14-5-4-8-17(11-14)23-16-6-2-1-3-7-16;15-12-7-11(4-5-13(12)20)19-8-9-2-1-3-10(6-9)14(16,17)18;14-10-2-1-3-12(16)9(10)7-17-8-4-5-13(18)11(15)6-8/h1-11,22-23H,12H2;1-12,21-22H,13H2;1-7,19-20H,8H2;1-6,17-18H,7H2. The molecular formula is C65H52Cl4F6N4O6. The lowest BCUT2D eigenvalue weighted by Crippen LogP contribution is -2.06. The molecule has 0 aliphatic rings. The summed E-state index contributed by atoms with van der Waals surface area (Å²) in [5, 5.41) is 50.5. The molecule has 20 heteroatoms. The number of aromatic hydroxyl groups is 4. The van der Waals surface area contributed by atoms with Gasteiger partial charge in [-0.05, 0) is 162 Å². The van der Waals surface area contributed by atoms with Crippen LogP contribution in [0.3, 0.4) is 0 Å². The van der Waals surface area contributed by atoms with Crippen LogP contribution in [0.2, 0.25) is 20.1 Å². The van der Waals surface area contributed by atoms with Crippen LogP contribution in [-0.4, -0.2) is 20.4 Å². The zero-order valence-electron chi connectivity index (χ0n) is 44.5. The molecule has 0 spiro atoms. The summed E-state index contributed by atoms with van der Waals surface area (Å²) in [6.45, 7) is 1.50. The molecule has 0 unspecified atom stereocenters. The van der Waals surface area contributed by atoms with Gasteiger partial charge < -0.3 is 51.2 Å². The molecule has 0 amide bonds. The topological polar surface area (TPSA) is 148 Å². The first-order chi connectivity index (χ1) is 40.7. The van der Waals surface area contributed by atoms with Crippen LogP contribution in [0.5, 0.6) is 46.0 Å². The number of nitrogens with one attached hydrogen (secondary N) is 4. The molecule has 438 valence electrons. The number of benzene rings is 10. The summed E-state index contributed by atoms with van der Waals surface area (Å²) in [5.74, 6) is 0.509. The summed E-state index contributed by atoms with van der Waals surface area (Å²) in [6.07, 6.45) is -4.35. The minimum absolute atomic E-state index is 0.00569. The molecule has 0 bridgehead atoms. The molecule has 0 aromatic heterocycles. The van der Waals surface area contributed by atoms with Crippen LogP contribution < -0.4 is 30.7 Å². The number of hydrogen-bond acceptors (Lipinski definition) is 10. The first-order valence-electron chi connectivity index (χ1n) is 25.6. The fourth-order valence-electron chi connectivity index (χ4n) is 7.53. The lowest BCUT2D eigenvalue weighted by atomic mass is 10.1. The van der Waals surface area contributed by atoms with Crippen LogP contribution in [0.4, 0.5) is 49.1 Å². The summed E-state index contributed by atoms with van der Waals surface area (Å²) in [5.41, 5.74) is 4.70. The summed E-state index contributed by atoms with van der Waals surface area (Å²) in [6, 6.07) is 59.2. The Hall–Kier alpha value is -9.06. The van der Waals surface area contributed by atoms with Gasteiger partial charge in [0.15, 0.2) is 23.1 Å². The largest absolute Gasteiger partial charge is 0.506 e. The monoisotopic (exact) mass is 1240 g/mol. The van der Waals surface area contributed by atoms with E-state index in [4.69, 9.17) is 55.9 Å². The highest BCUT2D eigenvalue weighted by atomic mass is 35.5. The molecule has 0 atom stereocenters. The van der Waals surface area contributed by atoms with E-state index < -0.39 is 23.4 Å². The minimum atomic E-state index is -4.35. The second-order valence-corrected chi connectivity index (χ2v) is 19.9. The highest BCUT2D eigenvalue weighted by Crippen LogP contribution is 2.32. The number of rotatable bonds is 16. The Morgan fingerprint density at radius 2 is 0.741 bits per heavy atom. The summed E-state index contributed by atoms with van der Waals surface area (Å²) in [7, 11) is 0. The van der Waals surface area contributed by atoms with Crippen LogP contribution in [0.25, 0.3) is 0 Å². The molecule has 85 heavy (non-hydrogen) atoms. The van der Waals surface area contributed by atoms with Gasteiger partial charge in [0.25, 0.3) is 0 Å². The minimum Gasteiger partial charge on any atom is -0.506 e. The van der Waals surface area contributed by atoms with Gasteiger partial charge in [0, 0.05) is 76.7 Å². The molecule has 0 aliphatic heterocycles. The molecule has 0 aliphatic carbocycles. The number of para-hydroxylation sites is 1. The summed E-state index contributed by atoms with van der Waals surface area (Å²) >= 11 is 23.3. The maximum absolute atomic E-state index is 13.5. The van der Waals surface area contributed by atoms with Gasteiger partial charge in [0.1, 0.15) is 40.3 Å². The van der Waals surface area contributed by atoms with Crippen molar-refractivity contribution >= 4 is 69.2 Å². The fourth-order valence-corrected chi connectivity index (χ4v) is 8.25. The van der Waals surface area contributed by atoms with Crippen LogP contribution in [0.15, 0.2) is 218 Å². The molecule has 0 radical (unpaired) electrons. The van der Waals surface area contributed by atoms with Crippen LogP contribution in [0, 0.1) is 17.5 Å². The fraction of sp³-hybridized carbons (Fsp3) is 0.0769. The summed E-state index contributed by atoms with van der Waals surface area (Å²) in [4.78, 5) is 0. The Bertz CT molecular complexity index is 3780. The van der Waals surface area contributed by atoms with Crippen molar-refractivity contribution in [3.8, 4) is 46.0 Å². The Labute approximate surface area is 506 Å². The van der Waals surface area contributed by atoms with Crippen molar-refractivity contribution in [2.24, 2.45) is 0 Å². The number of ether oxygens (including phenoxy) is 2. The first kappa shape index (κ1) is 63.5. The molecule has 0 saturated carbocycles. The van der Waals surface area contributed by atoms with Crippen LogP contribution >= 0.6 is 46.4 Å². The van der Waals surface area contributed by atoms with Crippen molar-refractivity contribution in [1.82, 2.24) is 0 Å². The second-order valence-electron chi connectivity index (χ2n) is 18.2. The van der Waals surface area contributed by atoms with Crippen molar-refractivity contribution in [1.29, 1.82) is 0 Å². The Morgan fingerprint density at radius 3 is 1.19 bits per heavy atom. The van der Waals surface area contributed by atoms with E-state index in [9.17, 15) is 46.8 Å². The third kappa shape index (κ3) is 20.7. The SMILES string of the molecule is Oc1ccc(NCc2c(F)cccc2Cl)cc1Cl.Oc1ccc(NCc2cccc(C(F)(F)F)c2)cc1Cl.Oc1ccc(NCc2cccc(Oc3ccc(Cl)cc3)c2)cc1F.Oc1ccc(NCc2cccc(Oc3ccccc3)c2)cc1F. The molecule has 10 aromatic rings. The third-order valence-electron chi connectivity index (χ3n) is 11.9. The molecule has 10 rings (SSSR count). The highest BCUT2D eigenvalue weighted by Gasteiger charge is 2.30. The van der Waals surface area contributed by atoms with Gasteiger partial charge in [-0.25, -0.2) is 13.2 Å². The van der Waals surface area contributed by atoms with Crippen molar-refractivity contribution < 1.29 is 56.2 Å². The number of phenolic OH excluding ortho intramolecular Hbond substituents is 4. The van der Waals surface area contributed by atoms with Gasteiger partial charge in [-0.2, -0.15) is 13.2 Å². The lowest BCUT2D eigenvalue weighted by molar-refractivity contribution is -0.137. The van der Waals surface area contributed by atoms with E-state index in [0.717, 1.165) is 34.8 Å². The maximum Gasteiger partial charge on any atom is 0.416 e. The zero-order valence-corrected chi connectivity index (χ0v) is 47.5. The van der Waals surface area contributed by atoms with Gasteiger partial charge in [-0.3, -0.25) is 0 Å². The van der Waals surface area contributed by atoms with E-state index in [1.807, 2.05) is 78.9 Å². The number of phenols is 4. The van der Waals surface area contributed by atoms with Crippen molar-refractivity contribution in [2.45, 2.75) is 32.4 Å². The van der Waals surface area contributed by atoms with Gasteiger partial charge >= 0.3 is 6.18 Å². The smallest absolute Gasteiger partial charge is 0.416 e. The molecule has 0 heterocycles. The van der Waals surface area contributed by atoms with E-state index in [2.05, 4.69) is 21.3 Å². The molecule has 10 nitrogen and oxygen atoms in total. The van der Waals surface area contributed by atoms with E-state index >= 15 is 0 Å². The maximum atomic E-state index is 13.5. The average molecular weight is 1240 g/mol. The normalized spacial score (nSPS) is 10.6. The highest BCUT2D eigenvalue weighted by molar-refractivity contribution is 6.32. The number of anilines is 4. The second kappa shape index (κ2) is 31.0. The van der Waals surface area contributed by atoms with E-state index in [1.54, 1.807) is 72.8 Å². The molecule has 10 aromatic carbocycles. The van der Waals surface area contributed by atoms with Gasteiger partial charge in [0.2, 0.25) is 0 Å². The predicted octanol–water partition coefficient (Wildman–Crippen LogP) is 19.7.